The van der Waals surface area contributed by atoms with Crippen molar-refractivity contribution >= 4 is 11.9 Å². The molecule has 0 fully saturated rings. The third kappa shape index (κ3) is 5.94. The first-order valence-electron chi connectivity index (χ1n) is 7.76. The summed E-state index contributed by atoms with van der Waals surface area (Å²) >= 11 is 0. The zero-order valence-corrected chi connectivity index (χ0v) is 13.2. The predicted molar refractivity (Wildman–Crippen MR) is 89.5 cm³/mol. The van der Waals surface area contributed by atoms with Gasteiger partial charge in [-0.25, -0.2) is 0 Å². The lowest BCUT2D eigenvalue weighted by Crippen LogP contribution is -2.24. The molecule has 0 aromatic heterocycles. The normalized spacial score (nSPS) is 10.1. The van der Waals surface area contributed by atoms with Crippen molar-refractivity contribution in [3.8, 4) is 5.75 Å². The largest absolute Gasteiger partial charge is 0.427 e. The van der Waals surface area contributed by atoms with Gasteiger partial charge in [-0.15, -0.1) is 0 Å². The molecule has 0 aliphatic heterocycles. The first-order valence-corrected chi connectivity index (χ1v) is 7.76. The standard InChI is InChI=1S/C19H21NO3/c1-15(21)23-18-12-7-11-17(14-18)19(22)20-13-6-5-10-16-8-3-2-4-9-16/h2-4,7-9,11-12,14H,5-6,10,13H2,1H3,(H,20,22). The van der Waals surface area contributed by atoms with Crippen molar-refractivity contribution in [3.05, 3.63) is 65.7 Å². The average Bonchev–Trinajstić information content (AvgIpc) is 2.55. The summed E-state index contributed by atoms with van der Waals surface area (Å²) in [7, 11) is 0. The van der Waals surface area contributed by atoms with Gasteiger partial charge in [-0.2, -0.15) is 0 Å². The van der Waals surface area contributed by atoms with Crippen molar-refractivity contribution in [1.29, 1.82) is 0 Å². The monoisotopic (exact) mass is 311 g/mol. The number of ether oxygens (including phenoxy) is 1. The minimum atomic E-state index is -0.400. The lowest BCUT2D eigenvalue weighted by atomic mass is 10.1. The van der Waals surface area contributed by atoms with Crippen LogP contribution in [0, 0.1) is 0 Å². The highest BCUT2D eigenvalue weighted by molar-refractivity contribution is 5.94. The summed E-state index contributed by atoms with van der Waals surface area (Å²) in [6.45, 7) is 1.96. The van der Waals surface area contributed by atoms with Crippen LogP contribution in [0.1, 0.15) is 35.7 Å². The van der Waals surface area contributed by atoms with Crippen molar-refractivity contribution in [2.24, 2.45) is 0 Å². The van der Waals surface area contributed by atoms with Crippen molar-refractivity contribution in [3.63, 3.8) is 0 Å². The molecule has 0 radical (unpaired) electrons. The molecule has 0 spiro atoms. The second kappa shape index (κ2) is 8.73. The molecule has 4 nitrogen and oxygen atoms in total. The highest BCUT2D eigenvalue weighted by atomic mass is 16.5. The number of nitrogens with one attached hydrogen (secondary N) is 1. The number of carbonyl (C=O) groups is 2. The van der Waals surface area contributed by atoms with Gasteiger partial charge in [0.1, 0.15) is 5.75 Å². The van der Waals surface area contributed by atoms with Crippen molar-refractivity contribution in [1.82, 2.24) is 5.32 Å². The van der Waals surface area contributed by atoms with Gasteiger partial charge in [-0.05, 0) is 43.0 Å². The van der Waals surface area contributed by atoms with E-state index in [1.54, 1.807) is 24.3 Å². The molecule has 1 N–H and O–H groups in total. The lowest BCUT2D eigenvalue weighted by Gasteiger charge is -2.07. The minimum Gasteiger partial charge on any atom is -0.427 e. The van der Waals surface area contributed by atoms with E-state index in [9.17, 15) is 9.59 Å². The quantitative estimate of drug-likeness (QED) is 0.484. The number of aryl methyl sites for hydroxylation is 1. The number of unbranched alkanes of at least 4 members (excludes halogenated alkanes) is 1. The molecular formula is C19H21NO3. The molecule has 0 atom stereocenters. The van der Waals surface area contributed by atoms with Crippen LogP contribution in [-0.4, -0.2) is 18.4 Å². The van der Waals surface area contributed by atoms with E-state index in [0.29, 0.717) is 17.9 Å². The number of hydrogen-bond acceptors (Lipinski definition) is 3. The van der Waals surface area contributed by atoms with Gasteiger partial charge in [0.15, 0.2) is 0 Å². The zero-order valence-electron chi connectivity index (χ0n) is 13.2. The molecule has 120 valence electrons. The molecule has 0 unspecified atom stereocenters. The highest BCUT2D eigenvalue weighted by Crippen LogP contribution is 2.13. The Morgan fingerprint density at radius 1 is 1.00 bits per heavy atom. The van der Waals surface area contributed by atoms with E-state index >= 15 is 0 Å². The van der Waals surface area contributed by atoms with E-state index in [0.717, 1.165) is 19.3 Å². The first kappa shape index (κ1) is 16.7. The van der Waals surface area contributed by atoms with Gasteiger partial charge in [0.2, 0.25) is 0 Å². The van der Waals surface area contributed by atoms with E-state index in [1.807, 2.05) is 18.2 Å². The van der Waals surface area contributed by atoms with Crippen LogP contribution in [0.3, 0.4) is 0 Å². The molecule has 23 heavy (non-hydrogen) atoms. The summed E-state index contributed by atoms with van der Waals surface area (Å²) in [4.78, 5) is 23.0. The van der Waals surface area contributed by atoms with Crippen LogP contribution in [0.4, 0.5) is 0 Å². The second-order valence-electron chi connectivity index (χ2n) is 5.32. The van der Waals surface area contributed by atoms with E-state index in [2.05, 4.69) is 17.4 Å². The summed E-state index contributed by atoms with van der Waals surface area (Å²) in [5, 5.41) is 2.89. The Bertz CT molecular complexity index is 653. The molecule has 0 heterocycles. The molecule has 4 heteroatoms. The maximum atomic E-state index is 12.1. The molecule has 0 aliphatic rings. The Morgan fingerprint density at radius 2 is 1.78 bits per heavy atom. The van der Waals surface area contributed by atoms with E-state index in [4.69, 9.17) is 4.74 Å². The molecule has 1 amide bonds. The molecule has 0 aliphatic carbocycles. The maximum Gasteiger partial charge on any atom is 0.308 e. The molecule has 2 aromatic rings. The fourth-order valence-electron chi connectivity index (χ4n) is 2.27. The van der Waals surface area contributed by atoms with Gasteiger partial charge in [-0.3, -0.25) is 9.59 Å². The summed E-state index contributed by atoms with van der Waals surface area (Å²) in [6, 6.07) is 16.9. The van der Waals surface area contributed by atoms with Gasteiger partial charge in [-0.1, -0.05) is 36.4 Å². The van der Waals surface area contributed by atoms with Gasteiger partial charge in [0.25, 0.3) is 5.91 Å². The molecule has 0 bridgehead atoms. The van der Waals surface area contributed by atoms with Gasteiger partial charge >= 0.3 is 5.97 Å². The summed E-state index contributed by atoms with van der Waals surface area (Å²) < 4.78 is 4.98. The highest BCUT2D eigenvalue weighted by Gasteiger charge is 2.07. The second-order valence-corrected chi connectivity index (χ2v) is 5.32. The Balaban J connectivity index is 1.73. The van der Waals surface area contributed by atoms with Gasteiger partial charge < -0.3 is 10.1 Å². The number of esters is 1. The van der Waals surface area contributed by atoms with Crippen LogP contribution < -0.4 is 10.1 Å². The summed E-state index contributed by atoms with van der Waals surface area (Å²) in [6.07, 6.45) is 2.96. The van der Waals surface area contributed by atoms with Crippen LogP contribution in [0.25, 0.3) is 0 Å². The Morgan fingerprint density at radius 3 is 2.52 bits per heavy atom. The van der Waals surface area contributed by atoms with Crippen molar-refractivity contribution in [2.45, 2.75) is 26.2 Å². The van der Waals surface area contributed by atoms with Crippen LogP contribution >= 0.6 is 0 Å². The Kier molecular flexibility index (Phi) is 6.36. The topological polar surface area (TPSA) is 55.4 Å². The number of hydrogen-bond donors (Lipinski definition) is 1. The van der Waals surface area contributed by atoms with Gasteiger partial charge in [0, 0.05) is 19.0 Å². The molecule has 2 rings (SSSR count). The third-order valence-corrected chi connectivity index (χ3v) is 3.38. The predicted octanol–water partition coefficient (Wildman–Crippen LogP) is 3.36. The summed E-state index contributed by atoms with van der Waals surface area (Å²) in [5.74, 6) is -0.170. The lowest BCUT2D eigenvalue weighted by molar-refractivity contribution is -0.131. The number of amides is 1. The van der Waals surface area contributed by atoms with Crippen molar-refractivity contribution < 1.29 is 14.3 Å². The van der Waals surface area contributed by atoms with Gasteiger partial charge in [0.05, 0.1) is 0 Å². The van der Waals surface area contributed by atoms with E-state index in [1.165, 1.54) is 12.5 Å². The number of carbonyl (C=O) groups excluding carboxylic acids is 2. The minimum absolute atomic E-state index is 0.154. The van der Waals surface area contributed by atoms with E-state index in [-0.39, 0.29) is 5.91 Å². The zero-order chi connectivity index (χ0) is 16.5. The van der Waals surface area contributed by atoms with E-state index < -0.39 is 5.97 Å². The van der Waals surface area contributed by atoms with Crippen LogP contribution in [0.5, 0.6) is 5.75 Å². The first-order chi connectivity index (χ1) is 11.1. The number of benzene rings is 2. The van der Waals surface area contributed by atoms with Crippen molar-refractivity contribution in [2.75, 3.05) is 6.54 Å². The van der Waals surface area contributed by atoms with Crippen LogP contribution in [0.2, 0.25) is 0 Å². The fourth-order valence-corrected chi connectivity index (χ4v) is 2.27. The molecular weight excluding hydrogens is 290 g/mol. The smallest absolute Gasteiger partial charge is 0.308 e. The third-order valence-electron chi connectivity index (χ3n) is 3.38. The van der Waals surface area contributed by atoms with Crippen LogP contribution in [0.15, 0.2) is 54.6 Å². The number of rotatable bonds is 7. The Labute approximate surface area is 136 Å². The SMILES string of the molecule is CC(=O)Oc1cccc(C(=O)NCCCCc2ccccc2)c1. The molecule has 0 saturated heterocycles. The molecule has 2 aromatic carbocycles. The maximum absolute atomic E-state index is 12.1. The Hall–Kier alpha value is -2.62. The average molecular weight is 311 g/mol. The summed E-state index contributed by atoms with van der Waals surface area (Å²) in [5.41, 5.74) is 1.81. The fraction of sp³-hybridized carbons (Fsp3) is 0.263. The van der Waals surface area contributed by atoms with Crippen LogP contribution in [-0.2, 0) is 11.2 Å². The molecule has 0 saturated carbocycles.